The van der Waals surface area contributed by atoms with Crippen LogP contribution in [0.1, 0.15) is 22.4 Å². The predicted octanol–water partition coefficient (Wildman–Crippen LogP) is 3.94. The van der Waals surface area contributed by atoms with Crippen molar-refractivity contribution in [2.45, 2.75) is 25.9 Å². The zero-order chi connectivity index (χ0) is 18.7. The molecular formula is C19H20ClNO3S2. The van der Waals surface area contributed by atoms with Crippen LogP contribution in [-0.2, 0) is 21.2 Å². The number of hydrogen-bond acceptors (Lipinski definition) is 4. The number of thiophene rings is 1. The number of halogens is 1. The second-order valence-electron chi connectivity index (χ2n) is 6.40. The lowest BCUT2D eigenvalue weighted by Crippen LogP contribution is -2.39. The highest BCUT2D eigenvalue weighted by molar-refractivity contribution is 7.91. The summed E-state index contributed by atoms with van der Waals surface area (Å²) in [6, 6.07) is 9.00. The van der Waals surface area contributed by atoms with Crippen LogP contribution in [0.4, 0.5) is 0 Å². The monoisotopic (exact) mass is 409 g/mol. The van der Waals surface area contributed by atoms with E-state index in [1.807, 2.05) is 36.6 Å². The maximum Gasteiger partial charge on any atom is 0.247 e. The molecule has 26 heavy (non-hydrogen) atoms. The van der Waals surface area contributed by atoms with Gasteiger partial charge in [0.05, 0.1) is 18.1 Å². The van der Waals surface area contributed by atoms with E-state index in [9.17, 15) is 13.2 Å². The third kappa shape index (κ3) is 4.55. The van der Waals surface area contributed by atoms with E-state index >= 15 is 0 Å². The maximum atomic E-state index is 12.9. The summed E-state index contributed by atoms with van der Waals surface area (Å²) in [6.45, 7) is 2.43. The Labute approximate surface area is 163 Å². The lowest BCUT2D eigenvalue weighted by Gasteiger charge is -2.27. The molecule has 0 spiro atoms. The van der Waals surface area contributed by atoms with Crippen molar-refractivity contribution in [3.05, 3.63) is 62.8 Å². The predicted molar refractivity (Wildman–Crippen MR) is 107 cm³/mol. The summed E-state index contributed by atoms with van der Waals surface area (Å²) in [5.41, 5.74) is 1.87. The third-order valence-electron chi connectivity index (χ3n) is 4.53. The van der Waals surface area contributed by atoms with Crippen LogP contribution in [0, 0.1) is 6.92 Å². The first-order chi connectivity index (χ1) is 12.4. The molecule has 138 valence electrons. The number of rotatable bonds is 5. The Kier molecular flexibility index (Phi) is 5.85. The molecule has 1 aliphatic heterocycles. The quantitative estimate of drug-likeness (QED) is 0.703. The van der Waals surface area contributed by atoms with E-state index in [2.05, 4.69) is 0 Å². The highest BCUT2D eigenvalue weighted by atomic mass is 35.5. The largest absolute Gasteiger partial charge is 0.330 e. The average Bonchev–Trinajstić information content (AvgIpc) is 3.16. The van der Waals surface area contributed by atoms with E-state index in [0.717, 1.165) is 16.0 Å². The molecule has 1 saturated heterocycles. The summed E-state index contributed by atoms with van der Waals surface area (Å²) >= 11 is 7.72. The lowest BCUT2D eigenvalue weighted by molar-refractivity contribution is -0.128. The van der Waals surface area contributed by atoms with Crippen LogP contribution < -0.4 is 0 Å². The maximum absolute atomic E-state index is 12.9. The minimum Gasteiger partial charge on any atom is -0.330 e. The van der Waals surface area contributed by atoms with Gasteiger partial charge in [-0.05, 0) is 48.1 Å². The molecule has 0 N–H and O–H groups in total. The number of carbonyl (C=O) groups is 1. The molecule has 0 saturated carbocycles. The number of carbonyl (C=O) groups excluding carboxylic acids is 1. The molecular weight excluding hydrogens is 390 g/mol. The van der Waals surface area contributed by atoms with Crippen molar-refractivity contribution in [2.24, 2.45) is 0 Å². The Morgan fingerprint density at radius 1 is 1.35 bits per heavy atom. The van der Waals surface area contributed by atoms with Gasteiger partial charge in [0, 0.05) is 22.0 Å². The van der Waals surface area contributed by atoms with Gasteiger partial charge in [0.25, 0.3) is 0 Å². The van der Waals surface area contributed by atoms with Crippen molar-refractivity contribution in [2.75, 3.05) is 11.5 Å². The second-order valence-corrected chi connectivity index (χ2v) is 10.0. The van der Waals surface area contributed by atoms with Crippen LogP contribution in [0.25, 0.3) is 6.08 Å². The number of amides is 1. The van der Waals surface area contributed by atoms with Crippen molar-refractivity contribution in [3.63, 3.8) is 0 Å². The van der Waals surface area contributed by atoms with Crippen LogP contribution in [0.5, 0.6) is 0 Å². The third-order valence-corrected chi connectivity index (χ3v) is 7.63. The average molecular weight is 410 g/mol. The molecule has 1 aromatic carbocycles. The molecule has 1 amide bonds. The van der Waals surface area contributed by atoms with E-state index in [0.29, 0.717) is 18.0 Å². The first kappa shape index (κ1) is 19.1. The van der Waals surface area contributed by atoms with Gasteiger partial charge in [0.15, 0.2) is 9.84 Å². The van der Waals surface area contributed by atoms with E-state index < -0.39 is 9.84 Å². The highest BCUT2D eigenvalue weighted by Crippen LogP contribution is 2.25. The molecule has 1 unspecified atom stereocenters. The molecule has 1 aliphatic rings. The molecule has 1 atom stereocenters. The Morgan fingerprint density at radius 2 is 2.12 bits per heavy atom. The van der Waals surface area contributed by atoms with Gasteiger partial charge in [0.2, 0.25) is 5.91 Å². The highest BCUT2D eigenvalue weighted by Gasteiger charge is 2.34. The number of hydrogen-bond donors (Lipinski definition) is 0. The van der Waals surface area contributed by atoms with Crippen molar-refractivity contribution in [1.82, 2.24) is 4.90 Å². The molecule has 0 bridgehead atoms. The van der Waals surface area contributed by atoms with E-state index in [4.69, 9.17) is 11.6 Å². The molecule has 1 aromatic heterocycles. The Balaban J connectivity index is 1.83. The first-order valence-corrected chi connectivity index (χ1v) is 11.4. The van der Waals surface area contributed by atoms with Gasteiger partial charge >= 0.3 is 0 Å². The van der Waals surface area contributed by atoms with Crippen LogP contribution in [0.15, 0.2) is 41.8 Å². The van der Waals surface area contributed by atoms with Gasteiger partial charge in [-0.3, -0.25) is 4.79 Å². The summed E-state index contributed by atoms with van der Waals surface area (Å²) in [4.78, 5) is 15.6. The van der Waals surface area contributed by atoms with Crippen molar-refractivity contribution >= 4 is 44.8 Å². The Morgan fingerprint density at radius 3 is 2.73 bits per heavy atom. The van der Waals surface area contributed by atoms with Gasteiger partial charge in [-0.25, -0.2) is 8.42 Å². The van der Waals surface area contributed by atoms with Crippen LogP contribution in [0.2, 0.25) is 5.02 Å². The molecule has 4 nitrogen and oxygen atoms in total. The molecule has 3 rings (SSSR count). The van der Waals surface area contributed by atoms with E-state index in [-0.39, 0.29) is 23.5 Å². The fraction of sp³-hybridized carbons (Fsp3) is 0.316. The van der Waals surface area contributed by atoms with E-state index in [1.54, 1.807) is 28.4 Å². The van der Waals surface area contributed by atoms with Gasteiger partial charge in [-0.2, -0.15) is 0 Å². The van der Waals surface area contributed by atoms with E-state index in [1.165, 1.54) is 6.08 Å². The minimum atomic E-state index is -3.07. The molecule has 7 heteroatoms. The van der Waals surface area contributed by atoms with Crippen molar-refractivity contribution < 1.29 is 13.2 Å². The van der Waals surface area contributed by atoms with Crippen LogP contribution in [-0.4, -0.2) is 36.8 Å². The molecule has 2 heterocycles. The van der Waals surface area contributed by atoms with Crippen LogP contribution in [0.3, 0.4) is 0 Å². The van der Waals surface area contributed by atoms with Crippen LogP contribution >= 0.6 is 22.9 Å². The van der Waals surface area contributed by atoms with Gasteiger partial charge in [0.1, 0.15) is 0 Å². The molecule has 1 fully saturated rings. The van der Waals surface area contributed by atoms with Gasteiger partial charge in [-0.15, -0.1) is 11.3 Å². The SMILES string of the molecule is Cc1ccsc1CN(C(=O)/C=C/c1ccccc1Cl)C1CCS(=O)(=O)C1. The Hall–Kier alpha value is -1.63. The minimum absolute atomic E-state index is 0.0308. The lowest BCUT2D eigenvalue weighted by atomic mass is 10.1. The van der Waals surface area contributed by atoms with Crippen molar-refractivity contribution in [1.29, 1.82) is 0 Å². The summed E-state index contributed by atoms with van der Waals surface area (Å²) in [5, 5.41) is 2.55. The fourth-order valence-electron chi connectivity index (χ4n) is 3.00. The first-order valence-electron chi connectivity index (χ1n) is 8.32. The second kappa shape index (κ2) is 7.94. The topological polar surface area (TPSA) is 54.5 Å². The molecule has 0 aliphatic carbocycles. The fourth-order valence-corrected chi connectivity index (χ4v) is 5.83. The van der Waals surface area contributed by atoms with Crippen molar-refractivity contribution in [3.8, 4) is 0 Å². The zero-order valence-corrected chi connectivity index (χ0v) is 16.8. The number of aryl methyl sites for hydroxylation is 1. The zero-order valence-electron chi connectivity index (χ0n) is 14.4. The number of nitrogens with zero attached hydrogens (tertiary/aromatic N) is 1. The normalized spacial score (nSPS) is 19.1. The van der Waals surface area contributed by atoms with Gasteiger partial charge in [-0.1, -0.05) is 29.8 Å². The standard InChI is InChI=1S/C19H20ClNO3S2/c1-14-8-10-25-18(14)12-21(16-9-11-26(23,24)13-16)19(22)7-6-15-4-2-3-5-17(15)20/h2-8,10,16H,9,11-13H2,1H3/b7-6+. The molecule has 2 aromatic rings. The Bertz CT molecular complexity index is 934. The summed E-state index contributed by atoms with van der Waals surface area (Å²) in [6.07, 6.45) is 3.65. The number of sulfone groups is 1. The molecule has 0 radical (unpaired) electrons. The summed E-state index contributed by atoms with van der Waals surface area (Å²) in [5.74, 6) is -0.0258. The van der Waals surface area contributed by atoms with Gasteiger partial charge < -0.3 is 4.90 Å². The summed E-state index contributed by atoms with van der Waals surface area (Å²) in [7, 11) is -3.07. The number of benzene rings is 1. The smallest absolute Gasteiger partial charge is 0.247 e. The summed E-state index contributed by atoms with van der Waals surface area (Å²) < 4.78 is 23.8.